The molecular formula is C37H49N5O7. The van der Waals surface area contributed by atoms with Crippen LogP contribution in [-0.2, 0) is 31.9 Å². The Morgan fingerprint density at radius 1 is 0.980 bits per heavy atom. The summed E-state index contributed by atoms with van der Waals surface area (Å²) >= 11 is 0. The van der Waals surface area contributed by atoms with Gasteiger partial charge in [-0.1, -0.05) is 30.3 Å². The molecule has 0 spiro atoms. The van der Waals surface area contributed by atoms with Gasteiger partial charge in [0.15, 0.2) is 6.10 Å². The third kappa shape index (κ3) is 7.86. The van der Waals surface area contributed by atoms with Crippen molar-refractivity contribution in [2.75, 3.05) is 64.3 Å². The maximum atomic E-state index is 14.1. The first-order chi connectivity index (χ1) is 23.6. The summed E-state index contributed by atoms with van der Waals surface area (Å²) in [4.78, 5) is 59.8. The second-order valence-corrected chi connectivity index (χ2v) is 14.0. The fraction of sp³-hybridized carbons (Fsp3) is 0.568. The number of hydrogen-bond acceptors (Lipinski definition) is 8. The van der Waals surface area contributed by atoms with Gasteiger partial charge in [-0.25, -0.2) is 9.59 Å². The van der Waals surface area contributed by atoms with Crippen molar-refractivity contribution in [1.29, 1.82) is 0 Å². The van der Waals surface area contributed by atoms with Crippen molar-refractivity contribution < 1.29 is 33.4 Å². The van der Waals surface area contributed by atoms with Crippen LogP contribution < -0.4 is 10.1 Å². The molecular weight excluding hydrogens is 626 g/mol. The molecule has 3 fully saturated rings. The normalized spacial score (nSPS) is 20.9. The van der Waals surface area contributed by atoms with E-state index in [0.717, 1.165) is 73.5 Å². The van der Waals surface area contributed by atoms with Crippen LogP contribution in [0.15, 0.2) is 36.4 Å². The zero-order valence-electron chi connectivity index (χ0n) is 28.9. The van der Waals surface area contributed by atoms with Gasteiger partial charge in [0.05, 0.1) is 13.2 Å². The minimum Gasteiger partial charge on any atom is -0.436 e. The number of benzene rings is 2. The molecule has 49 heavy (non-hydrogen) atoms. The predicted octanol–water partition coefficient (Wildman–Crippen LogP) is 4.15. The molecule has 1 N–H and O–H groups in total. The number of nitrogens with one attached hydrogen (secondary N) is 1. The first kappa shape index (κ1) is 34.7. The number of morpholine rings is 1. The van der Waals surface area contributed by atoms with E-state index in [-0.39, 0.29) is 29.9 Å². The number of fused-ring (bicyclic) bond motifs is 1. The Morgan fingerprint density at radius 3 is 2.33 bits per heavy atom. The van der Waals surface area contributed by atoms with Crippen LogP contribution in [0.1, 0.15) is 54.9 Å². The smallest absolute Gasteiger partial charge is 0.410 e. The van der Waals surface area contributed by atoms with Gasteiger partial charge in [-0.05, 0) is 81.2 Å². The average molecular weight is 676 g/mol. The van der Waals surface area contributed by atoms with E-state index in [2.05, 4.69) is 17.1 Å². The number of hydrogen-bond donors (Lipinski definition) is 1. The fourth-order valence-corrected chi connectivity index (χ4v) is 7.91. The summed E-state index contributed by atoms with van der Waals surface area (Å²) in [6.07, 6.45) is 2.36. The van der Waals surface area contributed by atoms with E-state index in [9.17, 15) is 19.2 Å². The minimum absolute atomic E-state index is 0.00275. The first-order valence-corrected chi connectivity index (χ1v) is 17.6. The number of ether oxygens (including phenoxy) is 3. The van der Waals surface area contributed by atoms with E-state index in [1.165, 1.54) is 0 Å². The molecule has 0 aliphatic carbocycles. The number of anilines is 1. The number of nitrogens with zero attached hydrogens (tertiary/aromatic N) is 4. The Labute approximate surface area is 288 Å². The molecule has 4 heterocycles. The second-order valence-electron chi connectivity index (χ2n) is 14.0. The highest BCUT2D eigenvalue weighted by Crippen LogP contribution is 2.31. The molecule has 3 saturated heterocycles. The number of urea groups is 1. The van der Waals surface area contributed by atoms with Crippen LogP contribution in [0.5, 0.6) is 5.75 Å². The van der Waals surface area contributed by atoms with Crippen molar-refractivity contribution in [2.45, 2.75) is 77.0 Å². The topological polar surface area (TPSA) is 121 Å². The van der Waals surface area contributed by atoms with E-state index in [1.54, 1.807) is 4.90 Å². The molecule has 4 aliphatic heterocycles. The summed E-state index contributed by atoms with van der Waals surface area (Å²) in [5, 5.41) is 3.04. The van der Waals surface area contributed by atoms with Crippen molar-refractivity contribution in [3.8, 4) is 5.75 Å². The lowest BCUT2D eigenvalue weighted by Gasteiger charge is -2.48. The largest absolute Gasteiger partial charge is 0.436 e. The first-order valence-electron chi connectivity index (χ1n) is 17.6. The van der Waals surface area contributed by atoms with Crippen molar-refractivity contribution in [3.63, 3.8) is 0 Å². The van der Waals surface area contributed by atoms with Crippen molar-refractivity contribution in [1.82, 2.24) is 19.6 Å². The molecule has 1 atom stereocenters. The lowest BCUT2D eigenvalue weighted by Crippen LogP contribution is -2.58. The zero-order valence-corrected chi connectivity index (χ0v) is 28.9. The third-order valence-electron chi connectivity index (χ3n) is 10.9. The van der Waals surface area contributed by atoms with E-state index in [0.29, 0.717) is 57.8 Å². The van der Waals surface area contributed by atoms with Gasteiger partial charge >= 0.3 is 12.1 Å². The molecule has 264 valence electrons. The zero-order chi connectivity index (χ0) is 34.5. The van der Waals surface area contributed by atoms with Gasteiger partial charge in [0.2, 0.25) is 0 Å². The Morgan fingerprint density at radius 2 is 1.65 bits per heavy atom. The average Bonchev–Trinajstić information content (AvgIpc) is 3.28. The van der Waals surface area contributed by atoms with E-state index in [1.807, 2.05) is 60.0 Å². The van der Waals surface area contributed by atoms with Crippen molar-refractivity contribution in [2.24, 2.45) is 0 Å². The molecule has 2 aromatic rings. The van der Waals surface area contributed by atoms with Crippen molar-refractivity contribution in [3.05, 3.63) is 58.7 Å². The van der Waals surface area contributed by atoms with Gasteiger partial charge in [0.25, 0.3) is 12.4 Å². The molecule has 0 aromatic heterocycles. The van der Waals surface area contributed by atoms with Crippen LogP contribution in [-0.4, -0.2) is 121 Å². The van der Waals surface area contributed by atoms with Crippen LogP contribution in [0.2, 0.25) is 0 Å². The Bertz CT molecular complexity index is 1500. The SMILES string of the molecule is Cc1cc(C[C@@H](OC(=O)N2CCC(N3CCc4ccccc4NC3=O)CC2)C(=O)N2CCC(C)(N3CCOCC3)CC2)cc(C)c1OC=O. The lowest BCUT2D eigenvalue weighted by atomic mass is 9.87. The monoisotopic (exact) mass is 675 g/mol. The summed E-state index contributed by atoms with van der Waals surface area (Å²) in [5.41, 5.74) is 4.31. The van der Waals surface area contributed by atoms with Gasteiger partial charge in [0, 0.05) is 69.5 Å². The fourth-order valence-electron chi connectivity index (χ4n) is 7.91. The molecule has 6 rings (SSSR count). The number of rotatable bonds is 8. The maximum absolute atomic E-state index is 14.1. The molecule has 12 nitrogen and oxygen atoms in total. The number of amides is 4. The number of para-hydroxylation sites is 1. The Kier molecular flexibility index (Phi) is 10.7. The third-order valence-corrected chi connectivity index (χ3v) is 10.9. The molecule has 0 unspecified atom stereocenters. The number of aryl methyl sites for hydroxylation is 2. The van der Waals surface area contributed by atoms with E-state index >= 15 is 0 Å². The standard InChI is InChI=1S/C37H49N5O7/c1-26-22-28(23-27(2)33(26)48-25-43)24-32(34(44)39-16-11-37(3,12-17-39)41-18-20-47-21-19-41)49-36(46)40-13-9-30(10-14-40)42-15-8-29-6-4-5-7-31(29)38-35(42)45/h4-7,22-23,25,30,32H,8-21,24H2,1-3H3,(H,38,45)/t32-/m1/s1. The minimum atomic E-state index is -1.01. The Hall–Kier alpha value is -4.16. The quantitative estimate of drug-likeness (QED) is 0.415. The van der Waals surface area contributed by atoms with Crippen LogP contribution in [0.3, 0.4) is 0 Å². The van der Waals surface area contributed by atoms with Gasteiger partial charge in [-0.3, -0.25) is 14.5 Å². The van der Waals surface area contributed by atoms with Gasteiger partial charge in [-0.15, -0.1) is 0 Å². The van der Waals surface area contributed by atoms with Crippen LogP contribution >= 0.6 is 0 Å². The van der Waals surface area contributed by atoms with E-state index < -0.39 is 12.2 Å². The van der Waals surface area contributed by atoms with Crippen LogP contribution in [0, 0.1) is 13.8 Å². The second kappa shape index (κ2) is 15.2. The summed E-state index contributed by atoms with van der Waals surface area (Å²) in [6.45, 7) is 12.2. The summed E-state index contributed by atoms with van der Waals surface area (Å²) in [6, 6.07) is 11.5. The van der Waals surface area contributed by atoms with Gasteiger partial charge in [0.1, 0.15) is 5.75 Å². The van der Waals surface area contributed by atoms with E-state index in [4.69, 9.17) is 14.2 Å². The summed E-state index contributed by atoms with van der Waals surface area (Å²) in [5.74, 6) is 0.290. The highest BCUT2D eigenvalue weighted by atomic mass is 16.6. The molecule has 4 aliphatic rings. The molecule has 12 heteroatoms. The number of carbonyl (C=O) groups excluding carboxylic acids is 4. The Balaban J connectivity index is 1.11. The maximum Gasteiger partial charge on any atom is 0.410 e. The highest BCUT2D eigenvalue weighted by Gasteiger charge is 2.40. The summed E-state index contributed by atoms with van der Waals surface area (Å²) in [7, 11) is 0. The van der Waals surface area contributed by atoms with Crippen LogP contribution in [0.25, 0.3) is 0 Å². The molecule has 4 amide bonds. The number of piperidine rings is 2. The number of carbonyl (C=O) groups is 4. The molecule has 2 aromatic carbocycles. The molecule has 0 radical (unpaired) electrons. The van der Waals surface area contributed by atoms with Gasteiger partial charge < -0.3 is 34.2 Å². The highest BCUT2D eigenvalue weighted by molar-refractivity contribution is 5.91. The van der Waals surface area contributed by atoms with Crippen LogP contribution in [0.4, 0.5) is 15.3 Å². The van der Waals surface area contributed by atoms with Gasteiger partial charge in [-0.2, -0.15) is 0 Å². The lowest BCUT2D eigenvalue weighted by molar-refractivity contribution is -0.144. The van der Waals surface area contributed by atoms with Crippen molar-refractivity contribution >= 4 is 30.2 Å². The molecule has 0 saturated carbocycles. The molecule has 0 bridgehead atoms. The summed E-state index contributed by atoms with van der Waals surface area (Å²) < 4.78 is 16.8. The number of likely N-dealkylation sites (tertiary alicyclic amines) is 2. The predicted molar refractivity (Wildman–Crippen MR) is 184 cm³/mol.